The number of nitrogens with one attached hydrogen (secondary N) is 1. The summed E-state index contributed by atoms with van der Waals surface area (Å²) in [6.45, 7) is 4.16. The minimum Gasteiger partial charge on any atom is -0.423 e. The number of oxazole rings is 1. The van der Waals surface area contributed by atoms with Crippen LogP contribution in [0.25, 0.3) is 11.1 Å². The van der Waals surface area contributed by atoms with Crippen molar-refractivity contribution in [2.45, 2.75) is 13.8 Å². The standard InChI is InChI=1S/C15H15N3O/c1-9-3-5-12(7-10(9)2)17-15-18-13-6-4-11(16)8-14(13)19-15/h3-8H,16H2,1-2H3,(H,17,18). The Morgan fingerprint density at radius 3 is 2.68 bits per heavy atom. The van der Waals surface area contributed by atoms with E-state index in [1.54, 1.807) is 6.07 Å². The van der Waals surface area contributed by atoms with Crippen LogP contribution in [0, 0.1) is 13.8 Å². The molecule has 0 amide bonds. The van der Waals surface area contributed by atoms with Crippen molar-refractivity contribution in [3.63, 3.8) is 0 Å². The van der Waals surface area contributed by atoms with Crippen molar-refractivity contribution in [1.82, 2.24) is 4.98 Å². The van der Waals surface area contributed by atoms with Crippen LogP contribution in [0.1, 0.15) is 11.1 Å². The molecule has 3 rings (SSSR count). The Balaban J connectivity index is 1.94. The molecule has 1 aromatic heterocycles. The van der Waals surface area contributed by atoms with Crippen LogP contribution in [-0.4, -0.2) is 4.98 Å². The number of fused-ring (bicyclic) bond motifs is 1. The maximum Gasteiger partial charge on any atom is 0.300 e. The molecule has 0 aliphatic heterocycles. The highest BCUT2D eigenvalue weighted by Gasteiger charge is 2.06. The van der Waals surface area contributed by atoms with E-state index >= 15 is 0 Å². The zero-order chi connectivity index (χ0) is 13.4. The Hall–Kier alpha value is -2.49. The first-order chi connectivity index (χ1) is 9.11. The van der Waals surface area contributed by atoms with Crippen molar-refractivity contribution in [2.24, 2.45) is 0 Å². The molecule has 4 nitrogen and oxygen atoms in total. The summed E-state index contributed by atoms with van der Waals surface area (Å²) < 4.78 is 5.62. The molecule has 3 aromatic rings. The van der Waals surface area contributed by atoms with Crippen molar-refractivity contribution >= 4 is 28.5 Å². The Kier molecular flexibility index (Phi) is 2.63. The predicted molar refractivity (Wildman–Crippen MR) is 77.6 cm³/mol. The lowest BCUT2D eigenvalue weighted by molar-refractivity contribution is 0.623. The fourth-order valence-electron chi connectivity index (χ4n) is 1.94. The van der Waals surface area contributed by atoms with Gasteiger partial charge in [0.1, 0.15) is 5.52 Å². The predicted octanol–water partition coefficient (Wildman–Crippen LogP) is 3.77. The lowest BCUT2D eigenvalue weighted by Crippen LogP contribution is -1.91. The molecule has 0 aliphatic rings. The maximum absolute atomic E-state index is 5.71. The summed E-state index contributed by atoms with van der Waals surface area (Å²) in [6.07, 6.45) is 0. The topological polar surface area (TPSA) is 64.1 Å². The maximum atomic E-state index is 5.71. The van der Waals surface area contributed by atoms with E-state index in [1.165, 1.54) is 11.1 Å². The van der Waals surface area contributed by atoms with Crippen molar-refractivity contribution in [3.8, 4) is 0 Å². The monoisotopic (exact) mass is 253 g/mol. The molecule has 0 spiro atoms. The molecule has 19 heavy (non-hydrogen) atoms. The molecule has 0 saturated carbocycles. The fraction of sp³-hybridized carbons (Fsp3) is 0.133. The number of nitrogen functional groups attached to an aromatic ring is 1. The molecule has 0 radical (unpaired) electrons. The number of aryl methyl sites for hydroxylation is 2. The summed E-state index contributed by atoms with van der Waals surface area (Å²) in [5, 5.41) is 3.16. The summed E-state index contributed by atoms with van der Waals surface area (Å²) in [7, 11) is 0. The van der Waals surface area contributed by atoms with Crippen LogP contribution in [0.4, 0.5) is 17.4 Å². The molecule has 0 atom stereocenters. The lowest BCUT2D eigenvalue weighted by atomic mass is 10.1. The van der Waals surface area contributed by atoms with E-state index in [0.717, 1.165) is 11.2 Å². The first kappa shape index (κ1) is 11.6. The zero-order valence-corrected chi connectivity index (χ0v) is 10.9. The van der Waals surface area contributed by atoms with E-state index in [2.05, 4.69) is 36.3 Å². The summed E-state index contributed by atoms with van der Waals surface area (Å²) >= 11 is 0. The van der Waals surface area contributed by atoms with Crippen molar-refractivity contribution in [1.29, 1.82) is 0 Å². The molecular formula is C15H15N3O. The third-order valence-electron chi connectivity index (χ3n) is 3.17. The second kappa shape index (κ2) is 4.31. The summed E-state index contributed by atoms with van der Waals surface area (Å²) in [4.78, 5) is 4.37. The quantitative estimate of drug-likeness (QED) is 0.682. The number of hydrogen-bond donors (Lipinski definition) is 2. The minimum absolute atomic E-state index is 0.476. The molecule has 0 bridgehead atoms. The first-order valence-corrected chi connectivity index (χ1v) is 6.12. The number of aromatic nitrogens is 1. The highest BCUT2D eigenvalue weighted by molar-refractivity contribution is 5.78. The first-order valence-electron chi connectivity index (χ1n) is 6.12. The molecule has 4 heteroatoms. The smallest absolute Gasteiger partial charge is 0.300 e. The largest absolute Gasteiger partial charge is 0.423 e. The number of anilines is 3. The van der Waals surface area contributed by atoms with E-state index in [0.29, 0.717) is 17.3 Å². The minimum atomic E-state index is 0.476. The van der Waals surface area contributed by atoms with Crippen LogP contribution in [0.15, 0.2) is 40.8 Å². The van der Waals surface area contributed by atoms with E-state index in [9.17, 15) is 0 Å². The fourth-order valence-corrected chi connectivity index (χ4v) is 1.94. The molecule has 3 N–H and O–H groups in total. The van der Waals surface area contributed by atoms with Gasteiger partial charge in [-0.15, -0.1) is 0 Å². The van der Waals surface area contributed by atoms with Crippen molar-refractivity contribution in [2.75, 3.05) is 11.1 Å². The van der Waals surface area contributed by atoms with Crippen LogP contribution in [-0.2, 0) is 0 Å². The van der Waals surface area contributed by atoms with E-state index in [-0.39, 0.29) is 0 Å². The van der Waals surface area contributed by atoms with Gasteiger partial charge < -0.3 is 15.5 Å². The van der Waals surface area contributed by atoms with Gasteiger partial charge in [-0.25, -0.2) is 0 Å². The molecule has 96 valence electrons. The van der Waals surface area contributed by atoms with Crippen LogP contribution >= 0.6 is 0 Å². The van der Waals surface area contributed by atoms with Gasteiger partial charge >= 0.3 is 0 Å². The van der Waals surface area contributed by atoms with Crippen LogP contribution in [0.5, 0.6) is 0 Å². The average molecular weight is 253 g/mol. The van der Waals surface area contributed by atoms with Crippen LogP contribution in [0.2, 0.25) is 0 Å². The molecule has 0 saturated heterocycles. The second-order valence-corrected chi connectivity index (χ2v) is 4.67. The number of benzene rings is 2. The SMILES string of the molecule is Cc1ccc(Nc2nc3ccc(N)cc3o2)cc1C. The van der Waals surface area contributed by atoms with Gasteiger partial charge in [0.2, 0.25) is 0 Å². The van der Waals surface area contributed by atoms with E-state index < -0.39 is 0 Å². The number of nitrogens with two attached hydrogens (primary N) is 1. The van der Waals surface area contributed by atoms with Gasteiger partial charge in [-0.05, 0) is 49.2 Å². The third kappa shape index (κ3) is 2.25. The highest BCUT2D eigenvalue weighted by Crippen LogP contribution is 2.24. The van der Waals surface area contributed by atoms with E-state index in [1.807, 2.05) is 18.2 Å². The van der Waals surface area contributed by atoms with Gasteiger partial charge in [0, 0.05) is 17.4 Å². The van der Waals surface area contributed by atoms with Crippen LogP contribution in [0.3, 0.4) is 0 Å². The summed E-state index contributed by atoms with van der Waals surface area (Å²) in [6, 6.07) is 12.0. The summed E-state index contributed by atoms with van der Waals surface area (Å²) in [5.41, 5.74) is 11.3. The molecule has 0 unspecified atom stereocenters. The van der Waals surface area contributed by atoms with Crippen molar-refractivity contribution in [3.05, 3.63) is 47.5 Å². The number of hydrogen-bond acceptors (Lipinski definition) is 4. The van der Waals surface area contributed by atoms with Crippen LogP contribution < -0.4 is 11.1 Å². The Morgan fingerprint density at radius 1 is 1.05 bits per heavy atom. The Morgan fingerprint density at radius 2 is 1.89 bits per heavy atom. The molecule has 1 heterocycles. The van der Waals surface area contributed by atoms with Crippen molar-refractivity contribution < 1.29 is 4.42 Å². The van der Waals surface area contributed by atoms with Gasteiger partial charge in [0.25, 0.3) is 6.01 Å². The average Bonchev–Trinajstić information content (AvgIpc) is 2.75. The normalized spacial score (nSPS) is 10.8. The lowest BCUT2D eigenvalue weighted by Gasteiger charge is -2.04. The van der Waals surface area contributed by atoms with E-state index in [4.69, 9.17) is 10.2 Å². The Labute approximate surface area is 111 Å². The molecule has 0 aliphatic carbocycles. The molecule has 2 aromatic carbocycles. The highest BCUT2D eigenvalue weighted by atomic mass is 16.4. The molecular weight excluding hydrogens is 238 g/mol. The number of rotatable bonds is 2. The molecule has 0 fully saturated rings. The number of nitrogens with zero attached hydrogens (tertiary/aromatic N) is 1. The third-order valence-corrected chi connectivity index (χ3v) is 3.17. The van der Waals surface area contributed by atoms with Gasteiger partial charge in [-0.3, -0.25) is 0 Å². The zero-order valence-electron chi connectivity index (χ0n) is 10.9. The van der Waals surface area contributed by atoms with Gasteiger partial charge in [0.15, 0.2) is 5.58 Å². The van der Waals surface area contributed by atoms with Gasteiger partial charge in [-0.1, -0.05) is 6.07 Å². The van der Waals surface area contributed by atoms with Gasteiger partial charge in [0.05, 0.1) is 0 Å². The van der Waals surface area contributed by atoms with Gasteiger partial charge in [-0.2, -0.15) is 4.98 Å². The summed E-state index contributed by atoms with van der Waals surface area (Å²) in [5.74, 6) is 0. The second-order valence-electron chi connectivity index (χ2n) is 4.67. The Bertz CT molecular complexity index is 746.